The highest BCUT2D eigenvalue weighted by atomic mass is 28.1. The Hall–Kier alpha value is -1.42. The summed E-state index contributed by atoms with van der Waals surface area (Å²) in [4.78, 5) is 0. The van der Waals surface area contributed by atoms with Gasteiger partial charge in [0.2, 0.25) is 0 Å². The molecule has 3 unspecified atom stereocenters. The number of hydrogen-bond donors (Lipinski definition) is 0. The minimum Gasteiger partial charge on any atom is -0.489 e. The smallest absolute Gasteiger partial charge is 0.313 e. The van der Waals surface area contributed by atoms with Crippen molar-refractivity contribution in [3.63, 3.8) is 0 Å². The van der Waals surface area contributed by atoms with Crippen molar-refractivity contribution in [1.82, 2.24) is 0 Å². The van der Waals surface area contributed by atoms with Crippen LogP contribution in [0.25, 0.3) is 0 Å². The summed E-state index contributed by atoms with van der Waals surface area (Å²) in [6, 6.07) is 0. The molecule has 0 aliphatic carbocycles. The highest BCUT2D eigenvalue weighted by Gasteiger charge is 2.21. The fraction of sp³-hybridized carbons (Fsp3) is 0.600. The van der Waals surface area contributed by atoms with Gasteiger partial charge in [-0.3, -0.25) is 0 Å². The molecule has 0 aromatic heterocycles. The van der Waals surface area contributed by atoms with Gasteiger partial charge in [-0.05, 0) is 56.8 Å². The third kappa shape index (κ3) is 7.43. The highest BCUT2D eigenvalue weighted by molar-refractivity contribution is 6.20. The lowest BCUT2D eigenvalue weighted by atomic mass is 10.1. The Labute approximate surface area is 151 Å². The molecule has 138 valence electrons. The van der Waals surface area contributed by atoms with Gasteiger partial charge in [0.1, 0.15) is 23.7 Å². The zero-order chi connectivity index (χ0) is 18.9. The lowest BCUT2D eigenvalue weighted by Gasteiger charge is -2.27. The van der Waals surface area contributed by atoms with Crippen LogP contribution in [0.3, 0.4) is 0 Å². The van der Waals surface area contributed by atoms with Crippen LogP contribution in [0.2, 0.25) is 0 Å². The first-order chi connectivity index (χ1) is 11.2. The number of ether oxygens (including phenoxy) is 3. The van der Waals surface area contributed by atoms with Gasteiger partial charge in [-0.25, -0.2) is 0 Å². The van der Waals surface area contributed by atoms with E-state index in [9.17, 15) is 0 Å². The molecule has 0 rings (SSSR count). The maximum atomic E-state index is 6.13. The molecule has 0 aliphatic rings. The average Bonchev–Trinajstić information content (AvgIpc) is 2.51. The van der Waals surface area contributed by atoms with E-state index in [-0.39, 0.29) is 18.3 Å². The largest absolute Gasteiger partial charge is 0.489 e. The van der Waals surface area contributed by atoms with Gasteiger partial charge in [0.05, 0.1) is 10.2 Å². The van der Waals surface area contributed by atoms with Crippen molar-refractivity contribution in [3.8, 4) is 0 Å². The molecule has 0 N–H and O–H groups in total. The fourth-order valence-corrected chi connectivity index (χ4v) is 2.83. The summed E-state index contributed by atoms with van der Waals surface area (Å²) in [7, 11) is 0.685. The molecule has 0 fully saturated rings. The van der Waals surface area contributed by atoms with Crippen molar-refractivity contribution in [2.75, 3.05) is 0 Å². The van der Waals surface area contributed by atoms with E-state index >= 15 is 0 Å². The van der Waals surface area contributed by atoms with Crippen LogP contribution in [0.5, 0.6) is 0 Å². The first kappa shape index (κ1) is 22.6. The summed E-state index contributed by atoms with van der Waals surface area (Å²) < 4.78 is 18.4. The Morgan fingerprint density at radius 2 is 1.00 bits per heavy atom. The van der Waals surface area contributed by atoms with E-state index in [1.54, 1.807) is 0 Å². The second-order valence-corrected chi connectivity index (χ2v) is 7.34. The number of hydrogen-bond acceptors (Lipinski definition) is 3. The predicted molar refractivity (Wildman–Crippen MR) is 107 cm³/mol. The van der Waals surface area contributed by atoms with Crippen LogP contribution in [0.4, 0.5) is 0 Å². The van der Waals surface area contributed by atoms with Crippen molar-refractivity contribution < 1.29 is 14.2 Å². The lowest BCUT2D eigenvalue weighted by Crippen LogP contribution is -2.22. The summed E-state index contributed by atoms with van der Waals surface area (Å²) in [6.07, 6.45) is 2.34. The molecule has 0 spiro atoms. The minimum absolute atomic E-state index is 0.0190. The van der Waals surface area contributed by atoms with Gasteiger partial charge < -0.3 is 14.2 Å². The molecule has 0 heterocycles. The molecule has 0 saturated heterocycles. The summed E-state index contributed by atoms with van der Waals surface area (Å²) >= 11 is 0. The average molecular weight is 353 g/mol. The molecule has 0 radical (unpaired) electrons. The van der Waals surface area contributed by atoms with Gasteiger partial charge in [0, 0.05) is 0 Å². The molecule has 0 aromatic rings. The first-order valence-electron chi connectivity index (χ1n) is 8.84. The van der Waals surface area contributed by atoms with Gasteiger partial charge in [-0.15, -0.1) is 0 Å². The van der Waals surface area contributed by atoms with Gasteiger partial charge in [0.25, 0.3) is 0 Å². The molecule has 24 heavy (non-hydrogen) atoms. The van der Waals surface area contributed by atoms with Crippen LogP contribution in [-0.2, 0) is 14.2 Å². The Balaban J connectivity index is 5.55. The molecule has 3 atom stereocenters. The molecular weight excluding hydrogens is 316 g/mol. The van der Waals surface area contributed by atoms with Gasteiger partial charge in [0.15, 0.2) is 0 Å². The maximum absolute atomic E-state index is 6.13. The number of rotatable bonds is 12. The van der Waals surface area contributed by atoms with E-state index in [1.807, 2.05) is 20.8 Å². The standard InChI is InChI=1S/C20H36O3Si/c1-10-16(13(4)5)21-19(22-17(11-2)14(6)7)20(24)23-18(12-3)15(8)9/h16-18H,4,6,8,10-12H2,1-3,5,7,9,24H3. The van der Waals surface area contributed by atoms with Gasteiger partial charge >= 0.3 is 5.95 Å². The van der Waals surface area contributed by atoms with E-state index in [0.717, 1.165) is 41.4 Å². The summed E-state index contributed by atoms with van der Waals surface area (Å²) in [6.45, 7) is 24.2. The van der Waals surface area contributed by atoms with Crippen LogP contribution in [0.1, 0.15) is 60.8 Å². The second-order valence-electron chi connectivity index (χ2n) is 6.43. The molecule has 3 nitrogen and oxygen atoms in total. The van der Waals surface area contributed by atoms with E-state index in [0.29, 0.717) is 16.2 Å². The molecule has 0 aliphatic heterocycles. The van der Waals surface area contributed by atoms with Crippen LogP contribution in [-0.4, -0.2) is 28.6 Å². The Kier molecular flexibility index (Phi) is 10.5. The lowest BCUT2D eigenvalue weighted by molar-refractivity contribution is -0.0349. The Bertz CT molecular complexity index is 453. The molecule has 0 amide bonds. The third-order valence-corrected chi connectivity index (χ3v) is 4.51. The fourth-order valence-electron chi connectivity index (χ4n) is 2.31. The minimum atomic E-state index is -0.0833. The molecule has 0 bridgehead atoms. The van der Waals surface area contributed by atoms with Crippen LogP contribution >= 0.6 is 0 Å². The van der Waals surface area contributed by atoms with Crippen molar-refractivity contribution >= 4 is 10.2 Å². The topological polar surface area (TPSA) is 27.7 Å². The molecular formula is C20H36O3Si. The first-order valence-corrected chi connectivity index (χ1v) is 9.84. The summed E-state index contributed by atoms with van der Waals surface area (Å²) in [5.41, 5.74) is 2.95. The van der Waals surface area contributed by atoms with Crippen molar-refractivity contribution in [1.29, 1.82) is 0 Å². The van der Waals surface area contributed by atoms with Crippen molar-refractivity contribution in [2.45, 2.75) is 79.1 Å². The van der Waals surface area contributed by atoms with E-state index < -0.39 is 0 Å². The quantitative estimate of drug-likeness (QED) is 0.292. The Morgan fingerprint density at radius 3 is 1.25 bits per heavy atom. The molecule has 0 aromatic carbocycles. The predicted octanol–water partition coefficient (Wildman–Crippen LogP) is 4.59. The normalized spacial score (nSPS) is 14.2. The zero-order valence-corrected chi connectivity index (χ0v) is 18.7. The summed E-state index contributed by atoms with van der Waals surface area (Å²) in [5.74, 6) is 0.478. The highest BCUT2D eigenvalue weighted by Crippen LogP contribution is 2.23. The maximum Gasteiger partial charge on any atom is 0.313 e. The molecule has 4 heteroatoms. The van der Waals surface area contributed by atoms with Gasteiger partial charge in [-0.1, -0.05) is 40.5 Å². The van der Waals surface area contributed by atoms with Crippen LogP contribution in [0.15, 0.2) is 47.8 Å². The monoisotopic (exact) mass is 352 g/mol. The van der Waals surface area contributed by atoms with E-state index in [4.69, 9.17) is 14.2 Å². The molecule has 0 saturated carbocycles. The van der Waals surface area contributed by atoms with Gasteiger partial charge in [-0.2, -0.15) is 0 Å². The summed E-state index contributed by atoms with van der Waals surface area (Å²) in [5, 5.41) is 0.768. The van der Waals surface area contributed by atoms with Crippen LogP contribution < -0.4 is 0 Å². The van der Waals surface area contributed by atoms with Crippen LogP contribution in [0, 0.1) is 0 Å². The van der Waals surface area contributed by atoms with E-state index in [2.05, 4.69) is 40.5 Å². The zero-order valence-electron chi connectivity index (χ0n) is 16.7. The second kappa shape index (κ2) is 11.2. The third-order valence-electron chi connectivity index (χ3n) is 3.87. The SMILES string of the molecule is C=C(C)C(CC)OC([SiH3])=C(OC(CC)C(=C)C)OC(CC)C(=C)C. The Morgan fingerprint density at radius 1 is 0.708 bits per heavy atom. The van der Waals surface area contributed by atoms with Crippen molar-refractivity contribution in [3.05, 3.63) is 47.8 Å². The van der Waals surface area contributed by atoms with Crippen molar-refractivity contribution in [2.24, 2.45) is 0 Å². The van der Waals surface area contributed by atoms with E-state index in [1.165, 1.54) is 0 Å².